The second-order valence-corrected chi connectivity index (χ2v) is 9.50. The van der Waals surface area contributed by atoms with Crippen molar-refractivity contribution in [1.29, 1.82) is 0 Å². The van der Waals surface area contributed by atoms with Crippen LogP contribution in [0.5, 0.6) is 11.5 Å². The molecule has 0 aliphatic carbocycles. The summed E-state index contributed by atoms with van der Waals surface area (Å²) in [4.78, 5) is 45.9. The Morgan fingerprint density at radius 1 is 1.10 bits per heavy atom. The number of aromatic amines is 1. The van der Waals surface area contributed by atoms with Crippen molar-refractivity contribution in [3.05, 3.63) is 51.9 Å². The lowest BCUT2D eigenvalue weighted by Crippen LogP contribution is -2.39. The third kappa shape index (κ3) is 5.24. The van der Waals surface area contributed by atoms with E-state index in [9.17, 15) is 19.5 Å². The van der Waals surface area contributed by atoms with E-state index >= 15 is 0 Å². The number of likely N-dealkylation sites (tertiary alicyclic amines) is 1. The fourth-order valence-electron chi connectivity index (χ4n) is 5.40. The Morgan fingerprint density at radius 2 is 1.82 bits per heavy atom. The van der Waals surface area contributed by atoms with E-state index in [2.05, 4.69) is 9.88 Å². The molecular formula is C28H35N3O8. The van der Waals surface area contributed by atoms with Crippen molar-refractivity contribution >= 4 is 23.4 Å². The van der Waals surface area contributed by atoms with Gasteiger partial charge in [0.25, 0.3) is 11.7 Å². The van der Waals surface area contributed by atoms with Crippen LogP contribution in [0.3, 0.4) is 0 Å². The average Bonchev–Trinajstić information content (AvgIpc) is 3.39. The van der Waals surface area contributed by atoms with Gasteiger partial charge in [-0.15, -0.1) is 0 Å². The average molecular weight is 542 g/mol. The first-order chi connectivity index (χ1) is 18.7. The number of rotatable bonds is 9. The number of hydrogen-bond acceptors (Lipinski definition) is 9. The van der Waals surface area contributed by atoms with Crippen LogP contribution in [0.2, 0.25) is 0 Å². The van der Waals surface area contributed by atoms with Gasteiger partial charge >= 0.3 is 5.97 Å². The highest BCUT2D eigenvalue weighted by molar-refractivity contribution is 6.46. The molecule has 1 aromatic heterocycles. The molecule has 11 nitrogen and oxygen atoms in total. The zero-order valence-electron chi connectivity index (χ0n) is 23.0. The maximum absolute atomic E-state index is 13.5. The number of carbonyl (C=O) groups excluding carboxylic acids is 3. The number of methoxy groups -OCH3 is 3. The molecule has 210 valence electrons. The van der Waals surface area contributed by atoms with Crippen LogP contribution in [-0.4, -0.2) is 98.3 Å². The first-order valence-corrected chi connectivity index (χ1v) is 12.8. The number of aliphatic hydroxyl groups is 1. The van der Waals surface area contributed by atoms with Gasteiger partial charge < -0.3 is 33.9 Å². The molecule has 2 saturated heterocycles. The number of ketones is 1. The molecule has 0 bridgehead atoms. The van der Waals surface area contributed by atoms with Crippen molar-refractivity contribution in [1.82, 2.24) is 14.8 Å². The van der Waals surface area contributed by atoms with E-state index < -0.39 is 23.7 Å². The number of morpholine rings is 1. The SMILES string of the molecule is COC(=O)c1[nH]c(C)c(C(O)=C2C(=O)C(=O)N(CCCN3CCOCC3)[C@@H]2c2cccc(OC)c2OC)c1C. The van der Waals surface area contributed by atoms with Gasteiger partial charge in [-0.1, -0.05) is 12.1 Å². The number of aliphatic hydroxyl groups excluding tert-OH is 1. The molecular weight excluding hydrogens is 506 g/mol. The zero-order valence-corrected chi connectivity index (χ0v) is 23.0. The van der Waals surface area contributed by atoms with E-state index in [1.807, 2.05) is 0 Å². The molecule has 39 heavy (non-hydrogen) atoms. The van der Waals surface area contributed by atoms with Crippen LogP contribution in [0.15, 0.2) is 23.8 Å². The monoisotopic (exact) mass is 541 g/mol. The summed E-state index contributed by atoms with van der Waals surface area (Å²) in [5.41, 5.74) is 1.72. The van der Waals surface area contributed by atoms with Crippen molar-refractivity contribution in [2.45, 2.75) is 26.3 Å². The topological polar surface area (TPSA) is 131 Å². The number of amides is 1. The van der Waals surface area contributed by atoms with Gasteiger partial charge in [-0.3, -0.25) is 14.5 Å². The molecule has 2 aliphatic heterocycles. The molecule has 0 spiro atoms. The summed E-state index contributed by atoms with van der Waals surface area (Å²) in [6, 6.07) is 4.27. The number of hydrogen-bond donors (Lipinski definition) is 2. The number of Topliss-reactive ketones (excluding diaryl/α,β-unsaturated/α-hetero) is 1. The number of H-pyrrole nitrogens is 1. The number of carbonyl (C=O) groups is 3. The minimum Gasteiger partial charge on any atom is -0.507 e. The predicted molar refractivity (Wildman–Crippen MR) is 142 cm³/mol. The van der Waals surface area contributed by atoms with Crippen molar-refractivity contribution in [3.63, 3.8) is 0 Å². The minimum absolute atomic E-state index is 0.0838. The summed E-state index contributed by atoms with van der Waals surface area (Å²) in [5, 5.41) is 11.6. The molecule has 3 heterocycles. The zero-order chi connectivity index (χ0) is 28.3. The number of benzene rings is 1. The summed E-state index contributed by atoms with van der Waals surface area (Å²) < 4.78 is 21.4. The third-order valence-electron chi connectivity index (χ3n) is 7.31. The normalized spacial score (nSPS) is 19.4. The van der Waals surface area contributed by atoms with Gasteiger partial charge in [-0.25, -0.2) is 4.79 Å². The summed E-state index contributed by atoms with van der Waals surface area (Å²) >= 11 is 0. The lowest BCUT2D eigenvalue weighted by Gasteiger charge is -2.30. The van der Waals surface area contributed by atoms with E-state index in [1.54, 1.807) is 32.0 Å². The fraction of sp³-hybridized carbons (Fsp3) is 0.464. The van der Waals surface area contributed by atoms with E-state index in [0.29, 0.717) is 48.0 Å². The lowest BCUT2D eigenvalue weighted by atomic mass is 9.93. The van der Waals surface area contributed by atoms with Crippen molar-refractivity contribution in [2.75, 3.05) is 60.7 Å². The third-order valence-corrected chi connectivity index (χ3v) is 7.31. The largest absolute Gasteiger partial charge is 0.507 e. The van der Waals surface area contributed by atoms with Crippen LogP contribution in [0, 0.1) is 13.8 Å². The maximum atomic E-state index is 13.5. The van der Waals surface area contributed by atoms with E-state index in [0.717, 1.165) is 19.6 Å². The van der Waals surface area contributed by atoms with Gasteiger partial charge in [-0.05, 0) is 31.9 Å². The first kappa shape index (κ1) is 28.2. The Hall–Kier alpha value is -3.83. The van der Waals surface area contributed by atoms with E-state index in [-0.39, 0.29) is 29.1 Å². The molecule has 2 fully saturated rings. The highest BCUT2D eigenvalue weighted by atomic mass is 16.5. The second kappa shape index (κ2) is 11.9. The molecule has 1 atom stereocenters. The summed E-state index contributed by atoms with van der Waals surface area (Å²) in [6.45, 7) is 7.26. The predicted octanol–water partition coefficient (Wildman–Crippen LogP) is 2.58. The van der Waals surface area contributed by atoms with Gasteiger partial charge in [0, 0.05) is 43.0 Å². The summed E-state index contributed by atoms with van der Waals surface area (Å²) in [5.74, 6) is -1.73. The van der Waals surface area contributed by atoms with Crippen molar-refractivity contribution in [3.8, 4) is 11.5 Å². The molecule has 4 rings (SSSR count). The fourth-order valence-corrected chi connectivity index (χ4v) is 5.40. The van der Waals surface area contributed by atoms with Crippen LogP contribution in [-0.2, 0) is 19.1 Å². The van der Waals surface area contributed by atoms with Gasteiger partial charge in [0.05, 0.1) is 46.2 Å². The maximum Gasteiger partial charge on any atom is 0.354 e. The first-order valence-electron chi connectivity index (χ1n) is 12.8. The Morgan fingerprint density at radius 3 is 2.46 bits per heavy atom. The van der Waals surface area contributed by atoms with E-state index in [1.165, 1.54) is 26.2 Å². The second-order valence-electron chi connectivity index (χ2n) is 9.50. The van der Waals surface area contributed by atoms with Crippen molar-refractivity contribution in [2.24, 2.45) is 0 Å². The molecule has 2 N–H and O–H groups in total. The number of nitrogens with zero attached hydrogens (tertiary/aromatic N) is 2. The summed E-state index contributed by atoms with van der Waals surface area (Å²) in [6.07, 6.45) is 0.616. The van der Waals surface area contributed by atoms with Gasteiger partial charge in [0.15, 0.2) is 11.5 Å². The molecule has 0 saturated carbocycles. The van der Waals surface area contributed by atoms with Crippen LogP contribution in [0.4, 0.5) is 0 Å². The summed E-state index contributed by atoms with van der Waals surface area (Å²) in [7, 11) is 4.24. The van der Waals surface area contributed by atoms with Crippen LogP contribution in [0.25, 0.3) is 5.76 Å². The molecule has 1 amide bonds. The van der Waals surface area contributed by atoms with E-state index in [4.69, 9.17) is 18.9 Å². The Balaban J connectivity index is 1.83. The van der Waals surface area contributed by atoms with Gasteiger partial charge in [-0.2, -0.15) is 0 Å². The number of esters is 1. The highest BCUT2D eigenvalue weighted by Gasteiger charge is 2.47. The van der Waals surface area contributed by atoms with Crippen LogP contribution >= 0.6 is 0 Å². The standard InChI is InChI=1S/C28H35N3O8/c1-16-20(17(2)29-22(16)28(35)38-5)24(32)21-23(18-8-6-9-19(36-3)26(18)37-4)31(27(34)25(21)33)11-7-10-30-12-14-39-15-13-30/h6,8-9,23,29,32H,7,10-15H2,1-5H3/t23-/m1/s1. The van der Waals surface area contributed by atoms with Gasteiger partial charge in [0.1, 0.15) is 11.5 Å². The Labute approximate surface area is 227 Å². The molecule has 11 heteroatoms. The molecule has 2 aliphatic rings. The molecule has 1 aromatic carbocycles. The highest BCUT2D eigenvalue weighted by Crippen LogP contribution is 2.46. The number of para-hydroxylation sites is 1. The molecule has 0 radical (unpaired) electrons. The molecule has 2 aromatic rings. The van der Waals surface area contributed by atoms with Crippen molar-refractivity contribution < 1.29 is 38.4 Å². The lowest BCUT2D eigenvalue weighted by molar-refractivity contribution is -0.140. The number of ether oxygens (including phenoxy) is 4. The molecule has 0 unspecified atom stereocenters. The Bertz CT molecular complexity index is 1290. The minimum atomic E-state index is -0.935. The smallest absolute Gasteiger partial charge is 0.354 e. The number of nitrogens with one attached hydrogen (secondary N) is 1. The number of aromatic nitrogens is 1. The van der Waals surface area contributed by atoms with Gasteiger partial charge in [0.2, 0.25) is 0 Å². The quantitative estimate of drug-likeness (QED) is 0.213. The van der Waals surface area contributed by atoms with Crippen LogP contribution in [0.1, 0.15) is 45.3 Å². The Kier molecular flexibility index (Phi) is 8.61. The number of aryl methyl sites for hydroxylation is 1. The van der Waals surface area contributed by atoms with Crippen LogP contribution < -0.4 is 9.47 Å².